The predicted octanol–water partition coefficient (Wildman–Crippen LogP) is 4.95. The summed E-state index contributed by atoms with van der Waals surface area (Å²) in [6, 6.07) is 23.7. The second-order valence-electron chi connectivity index (χ2n) is 6.11. The second-order valence-corrected chi connectivity index (χ2v) is 6.11. The van der Waals surface area contributed by atoms with Gasteiger partial charge in [-0.2, -0.15) is 0 Å². The van der Waals surface area contributed by atoms with Gasteiger partial charge in [-0.15, -0.1) is 0 Å². The number of allylic oxidation sites excluding steroid dienone is 1. The first-order valence-corrected chi connectivity index (χ1v) is 8.83. The lowest BCUT2D eigenvalue weighted by molar-refractivity contribution is 0.0600. The molecule has 3 aromatic rings. The summed E-state index contributed by atoms with van der Waals surface area (Å²) in [4.78, 5) is 23.5. The van der Waals surface area contributed by atoms with E-state index in [1.54, 1.807) is 36.4 Å². The summed E-state index contributed by atoms with van der Waals surface area (Å²) in [5, 5.41) is 0. The van der Waals surface area contributed by atoms with Gasteiger partial charge in [0.1, 0.15) is 12.4 Å². The third kappa shape index (κ3) is 5.17. The monoisotopic (exact) mass is 372 g/mol. The lowest BCUT2D eigenvalue weighted by Crippen LogP contribution is -2.01. The quantitative estimate of drug-likeness (QED) is 0.335. The Labute approximate surface area is 164 Å². The molecule has 0 heterocycles. The second kappa shape index (κ2) is 9.33. The van der Waals surface area contributed by atoms with Gasteiger partial charge in [-0.05, 0) is 41.5 Å². The molecule has 0 atom stereocenters. The van der Waals surface area contributed by atoms with Crippen molar-refractivity contribution in [1.82, 2.24) is 0 Å². The first kappa shape index (κ1) is 19.1. The SMILES string of the molecule is COC(=O)c1ccc(COc2ccc(/C=C/C(=O)c3ccccc3)cc2)cc1. The van der Waals surface area contributed by atoms with Gasteiger partial charge in [0, 0.05) is 5.56 Å². The van der Waals surface area contributed by atoms with Gasteiger partial charge in [-0.3, -0.25) is 4.79 Å². The average Bonchev–Trinajstić information content (AvgIpc) is 2.77. The molecule has 0 spiro atoms. The van der Waals surface area contributed by atoms with Crippen LogP contribution < -0.4 is 4.74 Å². The molecule has 140 valence electrons. The van der Waals surface area contributed by atoms with Crippen LogP contribution in [0.25, 0.3) is 6.08 Å². The molecule has 0 aliphatic carbocycles. The highest BCUT2D eigenvalue weighted by Gasteiger charge is 2.05. The number of ketones is 1. The van der Waals surface area contributed by atoms with Crippen LogP contribution in [0.2, 0.25) is 0 Å². The molecule has 0 amide bonds. The fourth-order valence-corrected chi connectivity index (χ4v) is 2.57. The van der Waals surface area contributed by atoms with Gasteiger partial charge in [0.25, 0.3) is 0 Å². The predicted molar refractivity (Wildman–Crippen MR) is 108 cm³/mol. The van der Waals surface area contributed by atoms with Crippen molar-refractivity contribution in [2.24, 2.45) is 0 Å². The summed E-state index contributed by atoms with van der Waals surface area (Å²) in [6.45, 7) is 0.392. The van der Waals surface area contributed by atoms with Crippen LogP contribution in [0.3, 0.4) is 0 Å². The third-order valence-electron chi connectivity index (χ3n) is 4.15. The van der Waals surface area contributed by atoms with Crippen molar-refractivity contribution in [3.05, 3.63) is 107 Å². The van der Waals surface area contributed by atoms with Crippen molar-refractivity contribution in [3.8, 4) is 5.75 Å². The molecule has 4 heteroatoms. The first-order chi connectivity index (χ1) is 13.7. The summed E-state index contributed by atoms with van der Waals surface area (Å²) in [5.41, 5.74) is 3.04. The zero-order valence-corrected chi connectivity index (χ0v) is 15.5. The largest absolute Gasteiger partial charge is 0.489 e. The molecule has 0 aliphatic heterocycles. The molecular formula is C24H20O4. The molecular weight excluding hydrogens is 352 g/mol. The maximum absolute atomic E-state index is 12.1. The van der Waals surface area contributed by atoms with Gasteiger partial charge in [0.2, 0.25) is 0 Å². The minimum Gasteiger partial charge on any atom is -0.489 e. The number of esters is 1. The summed E-state index contributed by atoms with van der Waals surface area (Å²) in [7, 11) is 1.36. The fraction of sp³-hybridized carbons (Fsp3) is 0.0833. The number of benzene rings is 3. The maximum atomic E-state index is 12.1. The van der Waals surface area contributed by atoms with E-state index in [1.165, 1.54) is 7.11 Å². The van der Waals surface area contributed by atoms with Gasteiger partial charge < -0.3 is 9.47 Å². The van der Waals surface area contributed by atoms with Gasteiger partial charge in [0.05, 0.1) is 12.7 Å². The van der Waals surface area contributed by atoms with E-state index in [2.05, 4.69) is 4.74 Å². The Hall–Kier alpha value is -3.66. The van der Waals surface area contributed by atoms with E-state index in [-0.39, 0.29) is 11.8 Å². The fourth-order valence-electron chi connectivity index (χ4n) is 2.57. The Morgan fingerprint density at radius 1 is 0.821 bits per heavy atom. The van der Waals surface area contributed by atoms with Gasteiger partial charge in [-0.25, -0.2) is 4.79 Å². The van der Waals surface area contributed by atoms with E-state index in [9.17, 15) is 9.59 Å². The number of carbonyl (C=O) groups excluding carboxylic acids is 2. The van der Waals surface area contributed by atoms with Crippen LogP contribution in [-0.4, -0.2) is 18.9 Å². The zero-order valence-electron chi connectivity index (χ0n) is 15.5. The number of hydrogen-bond acceptors (Lipinski definition) is 4. The molecule has 0 fully saturated rings. The van der Waals surface area contributed by atoms with Crippen molar-refractivity contribution in [2.75, 3.05) is 7.11 Å². The Morgan fingerprint density at radius 3 is 2.14 bits per heavy atom. The Kier molecular flexibility index (Phi) is 6.37. The molecule has 0 aromatic heterocycles. The summed E-state index contributed by atoms with van der Waals surface area (Å²) < 4.78 is 10.4. The minimum atomic E-state index is -0.359. The maximum Gasteiger partial charge on any atom is 0.337 e. The molecule has 0 unspecified atom stereocenters. The number of carbonyl (C=O) groups is 2. The van der Waals surface area contributed by atoms with E-state index < -0.39 is 0 Å². The van der Waals surface area contributed by atoms with Crippen LogP contribution in [0.4, 0.5) is 0 Å². The Bertz CT molecular complexity index is 956. The van der Waals surface area contributed by atoms with Gasteiger partial charge in [-0.1, -0.05) is 60.7 Å². The van der Waals surface area contributed by atoms with E-state index >= 15 is 0 Å². The molecule has 4 nitrogen and oxygen atoms in total. The highest BCUT2D eigenvalue weighted by atomic mass is 16.5. The van der Waals surface area contributed by atoms with Crippen molar-refractivity contribution >= 4 is 17.8 Å². The normalized spacial score (nSPS) is 10.6. The average molecular weight is 372 g/mol. The van der Waals surface area contributed by atoms with Crippen molar-refractivity contribution in [1.29, 1.82) is 0 Å². The number of ether oxygens (including phenoxy) is 2. The van der Waals surface area contributed by atoms with Crippen LogP contribution in [0.15, 0.2) is 84.9 Å². The van der Waals surface area contributed by atoms with Crippen molar-refractivity contribution in [3.63, 3.8) is 0 Å². The Balaban J connectivity index is 1.55. The van der Waals surface area contributed by atoms with Crippen LogP contribution in [-0.2, 0) is 11.3 Å². The molecule has 0 N–H and O–H groups in total. The molecule has 3 aromatic carbocycles. The van der Waals surface area contributed by atoms with Crippen LogP contribution in [0.5, 0.6) is 5.75 Å². The minimum absolute atomic E-state index is 0.0312. The number of methoxy groups -OCH3 is 1. The van der Waals surface area contributed by atoms with Crippen molar-refractivity contribution < 1.29 is 19.1 Å². The lowest BCUT2D eigenvalue weighted by atomic mass is 10.1. The zero-order chi connectivity index (χ0) is 19.8. The van der Waals surface area contributed by atoms with E-state index in [0.717, 1.165) is 16.9 Å². The smallest absolute Gasteiger partial charge is 0.337 e. The summed E-state index contributed by atoms with van der Waals surface area (Å²) >= 11 is 0. The van der Waals surface area contributed by atoms with E-state index in [1.807, 2.05) is 54.6 Å². The molecule has 28 heavy (non-hydrogen) atoms. The first-order valence-electron chi connectivity index (χ1n) is 8.83. The molecule has 3 rings (SSSR count). The van der Waals surface area contributed by atoms with E-state index in [0.29, 0.717) is 17.7 Å². The molecule has 0 radical (unpaired) electrons. The molecule has 0 aliphatic rings. The molecule has 0 saturated carbocycles. The summed E-state index contributed by atoms with van der Waals surface area (Å²) in [5.74, 6) is 0.335. The van der Waals surface area contributed by atoms with Crippen LogP contribution in [0.1, 0.15) is 31.8 Å². The Morgan fingerprint density at radius 2 is 1.50 bits per heavy atom. The van der Waals surface area contributed by atoms with Crippen molar-refractivity contribution in [2.45, 2.75) is 6.61 Å². The molecule has 0 saturated heterocycles. The molecule has 0 bridgehead atoms. The highest BCUT2D eigenvalue weighted by Crippen LogP contribution is 2.16. The third-order valence-corrected chi connectivity index (χ3v) is 4.15. The number of hydrogen-bond donors (Lipinski definition) is 0. The standard InChI is InChI=1S/C24H20O4/c1-27-24(26)21-12-7-19(8-13-21)17-28-22-14-9-18(10-15-22)11-16-23(25)20-5-3-2-4-6-20/h2-16H,17H2,1H3/b16-11+. The number of rotatable bonds is 7. The van der Waals surface area contributed by atoms with Gasteiger partial charge >= 0.3 is 5.97 Å². The van der Waals surface area contributed by atoms with Gasteiger partial charge in [0.15, 0.2) is 5.78 Å². The van der Waals surface area contributed by atoms with Crippen LogP contribution >= 0.6 is 0 Å². The van der Waals surface area contributed by atoms with E-state index in [4.69, 9.17) is 4.74 Å². The lowest BCUT2D eigenvalue weighted by Gasteiger charge is -2.07. The van der Waals surface area contributed by atoms with Crippen LogP contribution in [0, 0.1) is 0 Å². The highest BCUT2D eigenvalue weighted by molar-refractivity contribution is 6.06. The summed E-state index contributed by atoms with van der Waals surface area (Å²) in [6.07, 6.45) is 3.35. The topological polar surface area (TPSA) is 52.6 Å².